The number of esters is 2. The van der Waals surface area contributed by atoms with E-state index >= 15 is 0 Å². The average molecular weight is 541 g/mol. The van der Waals surface area contributed by atoms with Crippen molar-refractivity contribution in [2.75, 3.05) is 13.2 Å². The summed E-state index contributed by atoms with van der Waals surface area (Å²) < 4.78 is 10.4. The molecule has 226 valence electrons. The van der Waals surface area contributed by atoms with Gasteiger partial charge in [0.2, 0.25) is 0 Å². The Morgan fingerprint density at radius 3 is 1.16 bits per heavy atom. The van der Waals surface area contributed by atoms with Crippen LogP contribution in [0.3, 0.4) is 0 Å². The molecule has 0 fully saturated rings. The molecule has 5 heteroatoms. The highest BCUT2D eigenvalue weighted by molar-refractivity contribution is 5.70. The van der Waals surface area contributed by atoms with Crippen molar-refractivity contribution < 1.29 is 24.2 Å². The Kier molecular flexibility index (Phi) is 29.6. The number of carbonyl (C=O) groups excluding carboxylic acids is 2. The van der Waals surface area contributed by atoms with E-state index < -0.39 is 6.10 Å². The summed E-state index contributed by atoms with van der Waals surface area (Å²) in [6.45, 7) is 4.05. The van der Waals surface area contributed by atoms with Crippen LogP contribution in [-0.2, 0) is 19.1 Å². The molecule has 38 heavy (non-hydrogen) atoms. The molecule has 0 heterocycles. The molecule has 0 bridgehead atoms. The number of hydrogen-bond acceptors (Lipinski definition) is 5. The van der Waals surface area contributed by atoms with E-state index in [0.717, 1.165) is 32.1 Å². The van der Waals surface area contributed by atoms with Gasteiger partial charge < -0.3 is 14.6 Å². The first-order valence-corrected chi connectivity index (χ1v) is 16.6. The maximum atomic E-state index is 12.0. The SMILES string of the molecule is CCCCCCCCCCCCCCCCCCCCCC(=O)OCC(CO)OC(=O)CCCCCCC. The highest BCUT2D eigenvalue weighted by Crippen LogP contribution is 2.15. The van der Waals surface area contributed by atoms with E-state index in [1.165, 1.54) is 122 Å². The molecule has 0 aromatic heterocycles. The van der Waals surface area contributed by atoms with Gasteiger partial charge in [-0.2, -0.15) is 0 Å². The summed E-state index contributed by atoms with van der Waals surface area (Å²) in [5.74, 6) is -0.596. The quantitative estimate of drug-likeness (QED) is 0.0725. The van der Waals surface area contributed by atoms with Gasteiger partial charge in [-0.3, -0.25) is 9.59 Å². The Morgan fingerprint density at radius 2 is 0.816 bits per heavy atom. The zero-order chi connectivity index (χ0) is 27.9. The summed E-state index contributed by atoms with van der Waals surface area (Å²) in [5.41, 5.74) is 0. The van der Waals surface area contributed by atoms with E-state index in [0.29, 0.717) is 12.8 Å². The van der Waals surface area contributed by atoms with Crippen LogP contribution < -0.4 is 0 Å². The second kappa shape index (κ2) is 30.4. The molecule has 0 spiro atoms. The van der Waals surface area contributed by atoms with Gasteiger partial charge >= 0.3 is 11.9 Å². The number of ether oxygens (including phenoxy) is 2. The van der Waals surface area contributed by atoms with E-state index in [9.17, 15) is 14.7 Å². The molecule has 0 radical (unpaired) electrons. The second-order valence-electron chi connectivity index (χ2n) is 11.3. The highest BCUT2D eigenvalue weighted by Gasteiger charge is 2.16. The molecule has 0 amide bonds. The molecule has 1 N–H and O–H groups in total. The van der Waals surface area contributed by atoms with Gasteiger partial charge in [-0.15, -0.1) is 0 Å². The van der Waals surface area contributed by atoms with Crippen molar-refractivity contribution in [2.24, 2.45) is 0 Å². The Morgan fingerprint density at radius 1 is 0.500 bits per heavy atom. The van der Waals surface area contributed by atoms with E-state index in [1.807, 2.05) is 0 Å². The van der Waals surface area contributed by atoms with Gasteiger partial charge in [-0.05, 0) is 12.8 Å². The third-order valence-electron chi connectivity index (χ3n) is 7.40. The first-order valence-electron chi connectivity index (χ1n) is 16.6. The Bertz CT molecular complexity index is 508. The van der Waals surface area contributed by atoms with Crippen LogP contribution in [0.2, 0.25) is 0 Å². The third-order valence-corrected chi connectivity index (χ3v) is 7.40. The van der Waals surface area contributed by atoms with Gasteiger partial charge in [-0.25, -0.2) is 0 Å². The summed E-state index contributed by atoms with van der Waals surface area (Å²) in [7, 11) is 0. The lowest BCUT2D eigenvalue weighted by Gasteiger charge is -2.15. The molecule has 0 aromatic carbocycles. The van der Waals surface area contributed by atoms with Crippen LogP contribution in [0, 0.1) is 0 Å². The molecule has 1 atom stereocenters. The predicted molar refractivity (Wildman–Crippen MR) is 159 cm³/mol. The Balaban J connectivity index is 3.42. The molecule has 0 aliphatic rings. The maximum absolute atomic E-state index is 12.0. The van der Waals surface area contributed by atoms with Crippen molar-refractivity contribution in [1.82, 2.24) is 0 Å². The highest BCUT2D eigenvalue weighted by atomic mass is 16.6. The summed E-state index contributed by atoms with van der Waals surface area (Å²) in [5, 5.41) is 9.41. The monoisotopic (exact) mass is 540 g/mol. The lowest BCUT2D eigenvalue weighted by Crippen LogP contribution is -2.28. The van der Waals surface area contributed by atoms with Crippen molar-refractivity contribution in [3.05, 3.63) is 0 Å². The molecule has 0 saturated carbocycles. The van der Waals surface area contributed by atoms with Crippen LogP contribution in [-0.4, -0.2) is 36.4 Å². The van der Waals surface area contributed by atoms with Gasteiger partial charge in [0.1, 0.15) is 6.61 Å². The molecule has 5 nitrogen and oxygen atoms in total. The zero-order valence-corrected chi connectivity index (χ0v) is 25.5. The fraction of sp³-hybridized carbons (Fsp3) is 0.939. The molecule has 0 aliphatic heterocycles. The minimum Gasteiger partial charge on any atom is -0.462 e. The largest absolute Gasteiger partial charge is 0.462 e. The fourth-order valence-corrected chi connectivity index (χ4v) is 4.85. The minimum atomic E-state index is -0.757. The van der Waals surface area contributed by atoms with Crippen molar-refractivity contribution in [2.45, 2.75) is 187 Å². The van der Waals surface area contributed by atoms with Crippen molar-refractivity contribution >= 4 is 11.9 Å². The number of unbranched alkanes of at least 4 members (excludes halogenated alkanes) is 22. The Labute approximate surface area is 236 Å². The van der Waals surface area contributed by atoms with Gasteiger partial charge in [0, 0.05) is 12.8 Å². The molecule has 1 unspecified atom stereocenters. The van der Waals surface area contributed by atoms with E-state index in [1.54, 1.807) is 0 Å². The zero-order valence-electron chi connectivity index (χ0n) is 25.5. The number of carbonyl (C=O) groups is 2. The van der Waals surface area contributed by atoms with Gasteiger partial charge in [0.05, 0.1) is 6.61 Å². The van der Waals surface area contributed by atoms with Crippen LogP contribution in [0.1, 0.15) is 181 Å². The lowest BCUT2D eigenvalue weighted by molar-refractivity contribution is -0.161. The maximum Gasteiger partial charge on any atom is 0.306 e. The average Bonchev–Trinajstić information content (AvgIpc) is 2.92. The van der Waals surface area contributed by atoms with E-state index in [-0.39, 0.29) is 25.2 Å². The van der Waals surface area contributed by atoms with Gasteiger partial charge in [-0.1, -0.05) is 155 Å². The van der Waals surface area contributed by atoms with E-state index in [4.69, 9.17) is 9.47 Å². The summed E-state index contributed by atoms with van der Waals surface area (Å²) in [6.07, 6.45) is 30.5. The van der Waals surface area contributed by atoms with Crippen LogP contribution >= 0.6 is 0 Å². The first-order chi connectivity index (χ1) is 18.6. The van der Waals surface area contributed by atoms with Gasteiger partial charge in [0.15, 0.2) is 6.10 Å². The number of aliphatic hydroxyl groups is 1. The van der Waals surface area contributed by atoms with Crippen LogP contribution in [0.15, 0.2) is 0 Å². The van der Waals surface area contributed by atoms with Crippen molar-refractivity contribution in [1.29, 1.82) is 0 Å². The standard InChI is InChI=1S/C33H64O5/c1-3-5-7-9-10-11-12-13-14-15-16-17-18-19-20-21-22-24-25-27-32(35)37-30-31(29-34)38-33(36)28-26-23-8-6-4-2/h31,34H,3-30H2,1-2H3. The summed E-state index contributed by atoms with van der Waals surface area (Å²) >= 11 is 0. The number of hydrogen-bond donors (Lipinski definition) is 1. The Hall–Kier alpha value is -1.10. The third kappa shape index (κ3) is 27.9. The van der Waals surface area contributed by atoms with Crippen LogP contribution in [0.4, 0.5) is 0 Å². The molecule has 0 rings (SSSR count). The molecular weight excluding hydrogens is 476 g/mol. The second-order valence-corrected chi connectivity index (χ2v) is 11.3. The van der Waals surface area contributed by atoms with Crippen molar-refractivity contribution in [3.63, 3.8) is 0 Å². The van der Waals surface area contributed by atoms with Crippen molar-refractivity contribution in [3.8, 4) is 0 Å². The van der Waals surface area contributed by atoms with Crippen LogP contribution in [0.5, 0.6) is 0 Å². The number of aliphatic hydroxyl groups excluding tert-OH is 1. The predicted octanol–water partition coefficient (Wildman–Crippen LogP) is 9.62. The summed E-state index contributed by atoms with van der Waals surface area (Å²) in [6, 6.07) is 0. The number of rotatable bonds is 30. The lowest BCUT2D eigenvalue weighted by atomic mass is 10.0. The normalized spacial score (nSPS) is 12.0. The molecule has 0 aliphatic carbocycles. The minimum absolute atomic E-state index is 0.0595. The topological polar surface area (TPSA) is 72.8 Å². The van der Waals surface area contributed by atoms with E-state index in [2.05, 4.69) is 13.8 Å². The van der Waals surface area contributed by atoms with Gasteiger partial charge in [0.25, 0.3) is 0 Å². The smallest absolute Gasteiger partial charge is 0.306 e. The molecule has 0 saturated heterocycles. The first kappa shape index (κ1) is 36.9. The fourth-order valence-electron chi connectivity index (χ4n) is 4.85. The van der Waals surface area contributed by atoms with Crippen LogP contribution in [0.25, 0.3) is 0 Å². The molecule has 0 aromatic rings. The summed E-state index contributed by atoms with van der Waals surface area (Å²) in [4.78, 5) is 23.8. The molecular formula is C33H64O5.